The standard InChI is InChI=1S/C16H24N2O/c1-4-17-14(7-5-11(2)3)12-6-8-15-13(9-12)10-16(19)18-15/h6,8-9,11,14,17H,4-5,7,10H2,1-3H3,(H,18,19). The maximum atomic E-state index is 11.4. The van der Waals surface area contributed by atoms with Gasteiger partial charge in [0.2, 0.25) is 5.91 Å². The van der Waals surface area contributed by atoms with Crippen LogP contribution in [0, 0.1) is 5.92 Å². The van der Waals surface area contributed by atoms with Crippen molar-refractivity contribution in [2.24, 2.45) is 5.92 Å². The summed E-state index contributed by atoms with van der Waals surface area (Å²) in [6.45, 7) is 7.63. The summed E-state index contributed by atoms with van der Waals surface area (Å²) in [5.41, 5.74) is 3.42. The van der Waals surface area contributed by atoms with E-state index >= 15 is 0 Å². The molecule has 0 aromatic heterocycles. The highest BCUT2D eigenvalue weighted by molar-refractivity contribution is 5.99. The van der Waals surface area contributed by atoms with Crippen LogP contribution in [0.25, 0.3) is 0 Å². The van der Waals surface area contributed by atoms with Crippen molar-refractivity contribution in [1.82, 2.24) is 5.32 Å². The van der Waals surface area contributed by atoms with Crippen molar-refractivity contribution >= 4 is 11.6 Å². The minimum Gasteiger partial charge on any atom is -0.326 e. The van der Waals surface area contributed by atoms with E-state index in [-0.39, 0.29) is 5.91 Å². The molecule has 3 heteroatoms. The van der Waals surface area contributed by atoms with E-state index in [0.29, 0.717) is 12.5 Å². The van der Waals surface area contributed by atoms with Crippen LogP contribution in [0.2, 0.25) is 0 Å². The summed E-state index contributed by atoms with van der Waals surface area (Å²) in [4.78, 5) is 11.4. The molecule has 0 bridgehead atoms. The SMILES string of the molecule is CCNC(CCC(C)C)c1ccc2c(c1)CC(=O)N2. The number of hydrogen-bond donors (Lipinski definition) is 2. The zero-order valence-corrected chi connectivity index (χ0v) is 12.1. The molecule has 19 heavy (non-hydrogen) atoms. The highest BCUT2D eigenvalue weighted by Crippen LogP contribution is 2.28. The first-order valence-corrected chi connectivity index (χ1v) is 7.26. The van der Waals surface area contributed by atoms with Crippen LogP contribution in [0.1, 0.15) is 50.8 Å². The van der Waals surface area contributed by atoms with Crippen LogP contribution in [0.3, 0.4) is 0 Å². The minimum absolute atomic E-state index is 0.106. The molecule has 1 unspecified atom stereocenters. The van der Waals surface area contributed by atoms with Gasteiger partial charge in [-0.05, 0) is 42.5 Å². The van der Waals surface area contributed by atoms with Crippen molar-refractivity contribution in [2.45, 2.75) is 46.1 Å². The number of carbonyl (C=O) groups excluding carboxylic acids is 1. The predicted octanol–water partition coefficient (Wildman–Crippen LogP) is 3.27. The smallest absolute Gasteiger partial charge is 0.228 e. The molecule has 1 amide bonds. The Balaban J connectivity index is 2.13. The maximum Gasteiger partial charge on any atom is 0.228 e. The summed E-state index contributed by atoms with van der Waals surface area (Å²) >= 11 is 0. The monoisotopic (exact) mass is 260 g/mol. The fraction of sp³-hybridized carbons (Fsp3) is 0.562. The molecular weight excluding hydrogens is 236 g/mol. The van der Waals surface area contributed by atoms with Crippen LogP contribution in [0.5, 0.6) is 0 Å². The van der Waals surface area contributed by atoms with E-state index in [1.807, 2.05) is 6.07 Å². The third kappa shape index (κ3) is 3.57. The molecule has 1 atom stereocenters. The normalized spacial score (nSPS) is 15.5. The van der Waals surface area contributed by atoms with E-state index in [1.165, 1.54) is 12.0 Å². The third-order valence-electron chi connectivity index (χ3n) is 3.64. The van der Waals surface area contributed by atoms with Crippen molar-refractivity contribution in [2.75, 3.05) is 11.9 Å². The molecule has 0 fully saturated rings. The van der Waals surface area contributed by atoms with Crippen LogP contribution >= 0.6 is 0 Å². The van der Waals surface area contributed by atoms with Gasteiger partial charge in [0.25, 0.3) is 0 Å². The minimum atomic E-state index is 0.106. The van der Waals surface area contributed by atoms with Crippen LogP contribution in [0.15, 0.2) is 18.2 Å². The second-order valence-corrected chi connectivity index (χ2v) is 5.72. The molecule has 1 aromatic rings. The molecule has 1 aromatic carbocycles. The lowest BCUT2D eigenvalue weighted by molar-refractivity contribution is -0.115. The van der Waals surface area contributed by atoms with Gasteiger partial charge in [-0.2, -0.15) is 0 Å². The second kappa shape index (κ2) is 6.20. The fourth-order valence-corrected chi connectivity index (χ4v) is 2.60. The first-order chi connectivity index (χ1) is 9.10. The van der Waals surface area contributed by atoms with Crippen LogP contribution in [0.4, 0.5) is 5.69 Å². The first kappa shape index (κ1) is 14.1. The zero-order valence-electron chi connectivity index (χ0n) is 12.1. The molecule has 0 aliphatic carbocycles. The Hall–Kier alpha value is -1.35. The third-order valence-corrected chi connectivity index (χ3v) is 3.64. The lowest BCUT2D eigenvalue weighted by atomic mass is 9.95. The summed E-state index contributed by atoms with van der Waals surface area (Å²) in [6.07, 6.45) is 2.88. The fourth-order valence-electron chi connectivity index (χ4n) is 2.60. The Kier molecular flexibility index (Phi) is 4.59. The van der Waals surface area contributed by atoms with E-state index in [2.05, 4.69) is 43.5 Å². The molecule has 2 N–H and O–H groups in total. The van der Waals surface area contributed by atoms with E-state index in [4.69, 9.17) is 0 Å². The van der Waals surface area contributed by atoms with Crippen molar-refractivity contribution in [3.63, 3.8) is 0 Å². The van der Waals surface area contributed by atoms with Gasteiger partial charge in [0.05, 0.1) is 6.42 Å². The molecule has 2 rings (SSSR count). The Labute approximate surface area is 115 Å². The average Bonchev–Trinajstić information content (AvgIpc) is 2.73. The highest BCUT2D eigenvalue weighted by Gasteiger charge is 2.19. The number of hydrogen-bond acceptors (Lipinski definition) is 2. The molecule has 3 nitrogen and oxygen atoms in total. The summed E-state index contributed by atoms with van der Waals surface area (Å²) < 4.78 is 0. The van der Waals surface area contributed by atoms with Crippen LogP contribution in [-0.4, -0.2) is 12.5 Å². The molecule has 0 saturated heterocycles. The first-order valence-electron chi connectivity index (χ1n) is 7.26. The number of carbonyl (C=O) groups is 1. The van der Waals surface area contributed by atoms with Gasteiger partial charge in [-0.1, -0.05) is 32.9 Å². The number of rotatable bonds is 6. The number of nitrogens with one attached hydrogen (secondary N) is 2. The Morgan fingerprint density at radius 1 is 1.32 bits per heavy atom. The van der Waals surface area contributed by atoms with Gasteiger partial charge < -0.3 is 10.6 Å². The summed E-state index contributed by atoms with van der Waals surface area (Å²) in [7, 11) is 0. The van der Waals surface area contributed by atoms with Gasteiger partial charge >= 0.3 is 0 Å². The quantitative estimate of drug-likeness (QED) is 0.824. The van der Waals surface area contributed by atoms with Gasteiger partial charge in [0.15, 0.2) is 0 Å². The van der Waals surface area contributed by atoms with Gasteiger partial charge in [-0.15, -0.1) is 0 Å². The maximum absolute atomic E-state index is 11.4. The van der Waals surface area contributed by atoms with E-state index in [0.717, 1.165) is 30.1 Å². The topological polar surface area (TPSA) is 41.1 Å². The summed E-state index contributed by atoms with van der Waals surface area (Å²) in [5.74, 6) is 0.827. The zero-order chi connectivity index (χ0) is 13.8. The second-order valence-electron chi connectivity index (χ2n) is 5.72. The number of amides is 1. The Morgan fingerprint density at radius 2 is 2.11 bits per heavy atom. The van der Waals surface area contributed by atoms with Gasteiger partial charge in [-0.25, -0.2) is 0 Å². The Bertz CT molecular complexity index is 454. The summed E-state index contributed by atoms with van der Waals surface area (Å²) in [5, 5.41) is 6.44. The molecule has 1 aliphatic rings. The molecular formula is C16H24N2O. The Morgan fingerprint density at radius 3 is 2.79 bits per heavy atom. The largest absolute Gasteiger partial charge is 0.326 e. The van der Waals surface area contributed by atoms with E-state index < -0.39 is 0 Å². The molecule has 104 valence electrons. The molecule has 0 spiro atoms. The lowest BCUT2D eigenvalue weighted by Gasteiger charge is -2.20. The van der Waals surface area contributed by atoms with Crippen molar-refractivity contribution in [3.8, 4) is 0 Å². The molecule has 0 saturated carbocycles. The highest BCUT2D eigenvalue weighted by atomic mass is 16.1. The predicted molar refractivity (Wildman–Crippen MR) is 79.3 cm³/mol. The molecule has 1 heterocycles. The van der Waals surface area contributed by atoms with E-state index in [1.54, 1.807) is 0 Å². The van der Waals surface area contributed by atoms with Crippen molar-refractivity contribution in [3.05, 3.63) is 29.3 Å². The van der Waals surface area contributed by atoms with Gasteiger partial charge in [0, 0.05) is 11.7 Å². The average molecular weight is 260 g/mol. The number of fused-ring (bicyclic) bond motifs is 1. The van der Waals surface area contributed by atoms with Crippen molar-refractivity contribution < 1.29 is 4.79 Å². The molecule has 1 aliphatic heterocycles. The van der Waals surface area contributed by atoms with Crippen LogP contribution < -0.4 is 10.6 Å². The van der Waals surface area contributed by atoms with Crippen molar-refractivity contribution in [1.29, 1.82) is 0 Å². The van der Waals surface area contributed by atoms with Gasteiger partial charge in [-0.3, -0.25) is 4.79 Å². The molecule has 0 radical (unpaired) electrons. The number of anilines is 1. The van der Waals surface area contributed by atoms with Gasteiger partial charge in [0.1, 0.15) is 0 Å². The van der Waals surface area contributed by atoms with Crippen LogP contribution in [-0.2, 0) is 11.2 Å². The summed E-state index contributed by atoms with van der Waals surface area (Å²) in [6, 6.07) is 6.75. The van der Waals surface area contributed by atoms with E-state index in [9.17, 15) is 4.79 Å². The number of benzene rings is 1. The lowest BCUT2D eigenvalue weighted by Crippen LogP contribution is -2.21.